The number of rotatable bonds is 4. The van der Waals surface area contributed by atoms with Gasteiger partial charge in [-0.1, -0.05) is 17.3 Å². The smallest absolute Gasteiger partial charge is 0.259 e. The first-order chi connectivity index (χ1) is 10.3. The normalized spacial score (nSPS) is 10.5. The van der Waals surface area contributed by atoms with Crippen LogP contribution in [0.3, 0.4) is 0 Å². The van der Waals surface area contributed by atoms with E-state index in [2.05, 4.69) is 15.1 Å². The maximum Gasteiger partial charge on any atom is 0.259 e. The molecule has 0 aliphatic heterocycles. The maximum absolute atomic E-state index is 13.5. The highest BCUT2D eigenvalue weighted by molar-refractivity contribution is 7.98. The van der Waals surface area contributed by atoms with Gasteiger partial charge in [0.1, 0.15) is 17.6 Å². The van der Waals surface area contributed by atoms with Crippen LogP contribution in [0.4, 0.5) is 4.39 Å². The average Bonchev–Trinajstić information content (AvgIpc) is 3.15. The number of halogens is 1. The van der Waals surface area contributed by atoms with Gasteiger partial charge >= 0.3 is 0 Å². The Balaban J connectivity index is 1.71. The molecule has 7 heteroatoms. The third-order valence-electron chi connectivity index (χ3n) is 2.71. The molecule has 0 spiro atoms. The molecule has 2 heterocycles. The van der Waals surface area contributed by atoms with Gasteiger partial charge in [0, 0.05) is 11.1 Å². The Hall–Kier alpha value is -2.59. The Bertz CT molecular complexity index is 805. The molecule has 0 saturated carbocycles. The summed E-state index contributed by atoms with van der Waals surface area (Å²) in [7, 11) is 0. The van der Waals surface area contributed by atoms with Gasteiger partial charge in [0.25, 0.3) is 5.89 Å². The Morgan fingerprint density at radius 1 is 1.38 bits per heavy atom. The van der Waals surface area contributed by atoms with Gasteiger partial charge in [-0.05, 0) is 18.2 Å². The molecule has 1 aromatic carbocycles. The molecule has 0 unspecified atom stereocenters. The van der Waals surface area contributed by atoms with E-state index in [0.717, 1.165) is 0 Å². The second-order valence-electron chi connectivity index (χ2n) is 4.15. The maximum atomic E-state index is 13.5. The van der Waals surface area contributed by atoms with Gasteiger partial charge in [-0.3, -0.25) is 0 Å². The molecule has 104 valence electrons. The van der Waals surface area contributed by atoms with Crippen molar-refractivity contribution in [2.24, 2.45) is 0 Å². The van der Waals surface area contributed by atoms with Crippen LogP contribution in [0.25, 0.3) is 11.5 Å². The lowest BCUT2D eigenvalue weighted by atomic mass is 10.3. The summed E-state index contributed by atoms with van der Waals surface area (Å²) >= 11 is 1.30. The van der Waals surface area contributed by atoms with Gasteiger partial charge in [0.05, 0.1) is 11.3 Å². The van der Waals surface area contributed by atoms with Crippen LogP contribution in [0, 0.1) is 17.1 Å². The summed E-state index contributed by atoms with van der Waals surface area (Å²) in [4.78, 5) is 7.55. The number of nitrogens with zero attached hydrogens (tertiary/aromatic N) is 3. The number of nitriles is 1. The minimum Gasteiger partial charge on any atom is -0.352 e. The number of benzene rings is 1. The van der Waals surface area contributed by atoms with Crippen molar-refractivity contribution in [3.05, 3.63) is 53.9 Å². The number of aromatic nitrogens is 3. The molecule has 5 nitrogen and oxygen atoms in total. The van der Waals surface area contributed by atoms with Crippen LogP contribution in [0.5, 0.6) is 0 Å². The predicted molar refractivity (Wildman–Crippen MR) is 74.8 cm³/mol. The first-order valence-electron chi connectivity index (χ1n) is 6.05. The number of hydrogen-bond acceptors (Lipinski definition) is 5. The fourth-order valence-electron chi connectivity index (χ4n) is 1.72. The van der Waals surface area contributed by atoms with Gasteiger partial charge in [-0.2, -0.15) is 10.2 Å². The topological polar surface area (TPSA) is 78.5 Å². The predicted octanol–water partition coefficient (Wildman–Crippen LogP) is 3.37. The van der Waals surface area contributed by atoms with E-state index in [1.54, 1.807) is 30.5 Å². The molecule has 0 amide bonds. The SMILES string of the molecule is N#Cc1cc(-c2nc(CSc3ccccc3F)no2)c[nH]1. The molecule has 0 saturated heterocycles. The molecular weight excluding hydrogens is 291 g/mol. The van der Waals surface area contributed by atoms with Crippen molar-refractivity contribution in [1.29, 1.82) is 5.26 Å². The first kappa shape index (κ1) is 13.4. The van der Waals surface area contributed by atoms with E-state index in [0.29, 0.717) is 33.6 Å². The molecule has 3 rings (SSSR count). The zero-order valence-corrected chi connectivity index (χ0v) is 11.5. The summed E-state index contributed by atoms with van der Waals surface area (Å²) in [5.74, 6) is 0.935. The Labute approximate surface area is 123 Å². The summed E-state index contributed by atoms with van der Waals surface area (Å²) in [5.41, 5.74) is 1.08. The van der Waals surface area contributed by atoms with Gasteiger partial charge in [0.15, 0.2) is 5.82 Å². The van der Waals surface area contributed by atoms with Gasteiger partial charge < -0.3 is 9.51 Å². The molecule has 0 aliphatic rings. The molecule has 0 atom stereocenters. The zero-order valence-electron chi connectivity index (χ0n) is 10.7. The van der Waals surface area contributed by atoms with Crippen LogP contribution < -0.4 is 0 Å². The van der Waals surface area contributed by atoms with Crippen LogP contribution in [-0.4, -0.2) is 15.1 Å². The van der Waals surface area contributed by atoms with E-state index < -0.39 is 0 Å². The summed E-state index contributed by atoms with van der Waals surface area (Å²) in [5, 5.41) is 12.6. The van der Waals surface area contributed by atoms with Crippen LogP contribution in [0.1, 0.15) is 11.5 Å². The third kappa shape index (κ3) is 2.95. The van der Waals surface area contributed by atoms with Crippen LogP contribution in [0.2, 0.25) is 0 Å². The van der Waals surface area contributed by atoms with E-state index in [9.17, 15) is 4.39 Å². The van der Waals surface area contributed by atoms with E-state index in [4.69, 9.17) is 9.78 Å². The van der Waals surface area contributed by atoms with Crippen molar-refractivity contribution in [2.45, 2.75) is 10.6 Å². The van der Waals surface area contributed by atoms with E-state index in [1.165, 1.54) is 17.8 Å². The van der Waals surface area contributed by atoms with E-state index in [1.807, 2.05) is 6.07 Å². The van der Waals surface area contributed by atoms with Crippen molar-refractivity contribution in [3.63, 3.8) is 0 Å². The minimum absolute atomic E-state index is 0.268. The Morgan fingerprint density at radius 2 is 2.24 bits per heavy atom. The monoisotopic (exact) mass is 300 g/mol. The highest BCUT2D eigenvalue weighted by Crippen LogP contribution is 2.25. The number of H-pyrrole nitrogens is 1. The molecule has 1 N–H and O–H groups in total. The summed E-state index contributed by atoms with van der Waals surface area (Å²) in [6, 6.07) is 10.1. The van der Waals surface area contributed by atoms with E-state index in [-0.39, 0.29) is 5.82 Å². The lowest BCUT2D eigenvalue weighted by Crippen LogP contribution is -1.86. The highest BCUT2D eigenvalue weighted by atomic mass is 32.2. The molecule has 3 aromatic rings. The zero-order chi connectivity index (χ0) is 14.7. The number of aromatic amines is 1. The van der Waals surface area contributed by atoms with Gasteiger partial charge in [-0.25, -0.2) is 4.39 Å². The molecule has 0 aliphatic carbocycles. The lowest BCUT2D eigenvalue weighted by Gasteiger charge is -1.99. The molecule has 0 fully saturated rings. The molecule has 0 bridgehead atoms. The van der Waals surface area contributed by atoms with Crippen molar-refractivity contribution in [1.82, 2.24) is 15.1 Å². The van der Waals surface area contributed by atoms with Crippen molar-refractivity contribution in [3.8, 4) is 17.5 Å². The summed E-state index contributed by atoms with van der Waals surface area (Å²) < 4.78 is 18.6. The van der Waals surface area contributed by atoms with Crippen molar-refractivity contribution in [2.75, 3.05) is 0 Å². The molecule has 0 radical (unpaired) electrons. The molecular formula is C14H9FN4OS. The lowest BCUT2D eigenvalue weighted by molar-refractivity contribution is 0.425. The van der Waals surface area contributed by atoms with Crippen molar-refractivity contribution >= 4 is 11.8 Å². The molecule has 21 heavy (non-hydrogen) atoms. The van der Waals surface area contributed by atoms with Crippen LogP contribution in [-0.2, 0) is 5.75 Å². The first-order valence-corrected chi connectivity index (χ1v) is 7.03. The van der Waals surface area contributed by atoms with Crippen LogP contribution >= 0.6 is 11.8 Å². The van der Waals surface area contributed by atoms with E-state index >= 15 is 0 Å². The molecule has 2 aromatic heterocycles. The highest BCUT2D eigenvalue weighted by Gasteiger charge is 2.11. The number of nitrogens with one attached hydrogen (secondary N) is 1. The quantitative estimate of drug-likeness (QED) is 0.747. The third-order valence-corrected chi connectivity index (χ3v) is 3.76. The average molecular weight is 300 g/mol. The second-order valence-corrected chi connectivity index (χ2v) is 5.17. The number of thioether (sulfide) groups is 1. The summed E-state index contributed by atoms with van der Waals surface area (Å²) in [6.45, 7) is 0. The number of hydrogen-bond donors (Lipinski definition) is 1. The second kappa shape index (κ2) is 5.81. The fraction of sp³-hybridized carbons (Fsp3) is 0.0714. The standard InChI is InChI=1S/C14H9FN4OS/c15-11-3-1-2-4-12(11)21-8-13-18-14(20-19-13)9-5-10(6-16)17-7-9/h1-5,7,17H,8H2. The minimum atomic E-state index is -0.268. The van der Waals surface area contributed by atoms with Crippen molar-refractivity contribution < 1.29 is 8.91 Å². The Morgan fingerprint density at radius 3 is 3.00 bits per heavy atom. The largest absolute Gasteiger partial charge is 0.352 e. The van der Waals surface area contributed by atoms with Gasteiger partial charge in [-0.15, -0.1) is 11.8 Å². The van der Waals surface area contributed by atoms with Crippen LogP contribution in [0.15, 0.2) is 45.9 Å². The Kier molecular flexibility index (Phi) is 3.71. The summed E-state index contributed by atoms with van der Waals surface area (Å²) in [6.07, 6.45) is 1.62. The fourth-order valence-corrected chi connectivity index (χ4v) is 2.50. The van der Waals surface area contributed by atoms with Gasteiger partial charge in [0.2, 0.25) is 0 Å².